The molecule has 2 rings (SSSR count). The van der Waals surface area contributed by atoms with E-state index in [1.807, 2.05) is 44.3 Å². The Bertz CT molecular complexity index is 531. The first-order valence-electron chi connectivity index (χ1n) is 6.07. The van der Waals surface area contributed by atoms with E-state index in [0.717, 1.165) is 34.9 Å². The van der Waals surface area contributed by atoms with Crippen LogP contribution in [0.2, 0.25) is 0 Å². The van der Waals surface area contributed by atoms with Gasteiger partial charge in [0.05, 0.1) is 13.2 Å². The average molecular weight is 245 g/mol. The molecule has 0 atom stereocenters. The maximum absolute atomic E-state index is 9.10. The molecule has 1 aromatic carbocycles. The standard InChI is InChI=1S/C15H19NO2/c1-11-8-13(10-17)5-7-15(11)16(3)9-14-6-4-12(2)18-14/h4-8,17H,9-10H2,1-3H3. The molecule has 3 nitrogen and oxygen atoms in total. The highest BCUT2D eigenvalue weighted by Crippen LogP contribution is 2.22. The minimum atomic E-state index is 0.0855. The molecule has 0 aliphatic rings. The largest absolute Gasteiger partial charge is 0.464 e. The molecule has 0 spiro atoms. The first kappa shape index (κ1) is 12.7. The topological polar surface area (TPSA) is 36.6 Å². The molecule has 2 aromatic rings. The molecule has 0 unspecified atom stereocenters. The van der Waals surface area contributed by atoms with E-state index in [4.69, 9.17) is 9.52 Å². The molecular formula is C15H19NO2. The van der Waals surface area contributed by atoms with Crippen molar-refractivity contribution in [3.05, 3.63) is 53.0 Å². The van der Waals surface area contributed by atoms with Gasteiger partial charge in [-0.05, 0) is 43.2 Å². The molecule has 0 amide bonds. The van der Waals surface area contributed by atoms with E-state index in [1.54, 1.807) is 0 Å². The van der Waals surface area contributed by atoms with Crippen molar-refractivity contribution in [3.63, 3.8) is 0 Å². The summed E-state index contributed by atoms with van der Waals surface area (Å²) in [6, 6.07) is 9.98. The van der Waals surface area contributed by atoms with E-state index >= 15 is 0 Å². The number of aliphatic hydroxyl groups is 1. The Kier molecular flexibility index (Phi) is 3.72. The second-order valence-corrected chi connectivity index (χ2v) is 4.65. The summed E-state index contributed by atoms with van der Waals surface area (Å²) in [7, 11) is 2.04. The van der Waals surface area contributed by atoms with Crippen molar-refractivity contribution >= 4 is 5.69 Å². The van der Waals surface area contributed by atoms with E-state index in [-0.39, 0.29) is 6.61 Å². The fourth-order valence-electron chi connectivity index (χ4n) is 2.13. The van der Waals surface area contributed by atoms with Crippen molar-refractivity contribution in [2.45, 2.75) is 27.0 Å². The van der Waals surface area contributed by atoms with Gasteiger partial charge in [-0.15, -0.1) is 0 Å². The van der Waals surface area contributed by atoms with Gasteiger partial charge in [0.1, 0.15) is 11.5 Å². The molecular weight excluding hydrogens is 226 g/mol. The van der Waals surface area contributed by atoms with Crippen LogP contribution in [0, 0.1) is 13.8 Å². The first-order valence-corrected chi connectivity index (χ1v) is 6.07. The summed E-state index contributed by atoms with van der Waals surface area (Å²) in [5, 5.41) is 9.10. The highest BCUT2D eigenvalue weighted by atomic mass is 16.3. The van der Waals surface area contributed by atoms with Crippen molar-refractivity contribution in [3.8, 4) is 0 Å². The average Bonchev–Trinajstić information content (AvgIpc) is 2.74. The molecule has 3 heteroatoms. The number of hydrogen-bond donors (Lipinski definition) is 1. The molecule has 0 aliphatic carbocycles. The van der Waals surface area contributed by atoms with Crippen LogP contribution in [0.3, 0.4) is 0 Å². The van der Waals surface area contributed by atoms with Gasteiger partial charge in [0, 0.05) is 12.7 Å². The SMILES string of the molecule is Cc1ccc(CN(C)c2ccc(CO)cc2C)o1. The Morgan fingerprint density at radius 1 is 1.17 bits per heavy atom. The number of hydrogen-bond acceptors (Lipinski definition) is 3. The van der Waals surface area contributed by atoms with Gasteiger partial charge in [0.2, 0.25) is 0 Å². The summed E-state index contributed by atoms with van der Waals surface area (Å²) >= 11 is 0. The van der Waals surface area contributed by atoms with Gasteiger partial charge in [-0.25, -0.2) is 0 Å². The van der Waals surface area contributed by atoms with Crippen LogP contribution in [-0.2, 0) is 13.2 Å². The minimum Gasteiger partial charge on any atom is -0.464 e. The Morgan fingerprint density at radius 2 is 1.94 bits per heavy atom. The number of rotatable bonds is 4. The van der Waals surface area contributed by atoms with E-state index in [2.05, 4.69) is 11.8 Å². The number of nitrogens with zero attached hydrogens (tertiary/aromatic N) is 1. The van der Waals surface area contributed by atoms with E-state index in [1.165, 1.54) is 0 Å². The van der Waals surface area contributed by atoms with Gasteiger partial charge in [-0.3, -0.25) is 0 Å². The number of aryl methyl sites for hydroxylation is 2. The second-order valence-electron chi connectivity index (χ2n) is 4.65. The van der Waals surface area contributed by atoms with Gasteiger partial charge < -0.3 is 14.4 Å². The lowest BCUT2D eigenvalue weighted by Gasteiger charge is -2.20. The minimum absolute atomic E-state index is 0.0855. The van der Waals surface area contributed by atoms with E-state index in [9.17, 15) is 0 Å². The summed E-state index contributed by atoms with van der Waals surface area (Å²) in [5.74, 6) is 1.89. The lowest BCUT2D eigenvalue weighted by atomic mass is 10.1. The Labute approximate surface area is 108 Å². The molecule has 0 bridgehead atoms. The van der Waals surface area contributed by atoms with Gasteiger partial charge >= 0.3 is 0 Å². The molecule has 1 aromatic heterocycles. The molecule has 1 heterocycles. The van der Waals surface area contributed by atoms with Gasteiger partial charge in [0.25, 0.3) is 0 Å². The van der Waals surface area contributed by atoms with Gasteiger partial charge in [-0.1, -0.05) is 12.1 Å². The van der Waals surface area contributed by atoms with Crippen LogP contribution in [0.4, 0.5) is 5.69 Å². The van der Waals surface area contributed by atoms with Crippen LogP contribution in [-0.4, -0.2) is 12.2 Å². The zero-order valence-corrected chi connectivity index (χ0v) is 11.1. The predicted octanol–water partition coefficient (Wildman–Crippen LogP) is 3.03. The smallest absolute Gasteiger partial charge is 0.123 e. The van der Waals surface area contributed by atoms with Gasteiger partial charge in [-0.2, -0.15) is 0 Å². The molecule has 0 saturated carbocycles. The molecule has 0 aliphatic heterocycles. The fraction of sp³-hybridized carbons (Fsp3) is 0.333. The summed E-state index contributed by atoms with van der Waals surface area (Å²) in [6.45, 7) is 4.83. The van der Waals surface area contributed by atoms with Crippen LogP contribution in [0.1, 0.15) is 22.6 Å². The lowest BCUT2D eigenvalue weighted by Crippen LogP contribution is -2.17. The van der Waals surface area contributed by atoms with E-state index < -0.39 is 0 Å². The summed E-state index contributed by atoms with van der Waals surface area (Å²) in [5.41, 5.74) is 3.26. The second kappa shape index (κ2) is 5.27. The Hall–Kier alpha value is -1.74. The van der Waals surface area contributed by atoms with Crippen molar-refractivity contribution in [2.24, 2.45) is 0 Å². The monoisotopic (exact) mass is 245 g/mol. The number of anilines is 1. The van der Waals surface area contributed by atoms with Crippen LogP contribution < -0.4 is 4.90 Å². The third-order valence-electron chi connectivity index (χ3n) is 3.04. The van der Waals surface area contributed by atoms with Crippen molar-refractivity contribution in [1.29, 1.82) is 0 Å². The zero-order valence-electron chi connectivity index (χ0n) is 11.1. The molecule has 0 radical (unpaired) electrons. The summed E-state index contributed by atoms with van der Waals surface area (Å²) in [6.07, 6.45) is 0. The zero-order chi connectivity index (χ0) is 13.1. The molecule has 0 fully saturated rings. The van der Waals surface area contributed by atoms with Crippen LogP contribution in [0.15, 0.2) is 34.7 Å². The quantitative estimate of drug-likeness (QED) is 0.899. The number of benzene rings is 1. The Balaban J connectivity index is 2.15. The maximum Gasteiger partial charge on any atom is 0.123 e. The number of aliphatic hydroxyl groups excluding tert-OH is 1. The normalized spacial score (nSPS) is 10.7. The number of furan rings is 1. The van der Waals surface area contributed by atoms with Crippen LogP contribution in [0.25, 0.3) is 0 Å². The van der Waals surface area contributed by atoms with Crippen molar-refractivity contribution in [1.82, 2.24) is 0 Å². The van der Waals surface area contributed by atoms with Crippen molar-refractivity contribution in [2.75, 3.05) is 11.9 Å². The molecule has 96 valence electrons. The fourth-order valence-corrected chi connectivity index (χ4v) is 2.13. The summed E-state index contributed by atoms with van der Waals surface area (Å²) in [4.78, 5) is 2.15. The molecule has 0 saturated heterocycles. The van der Waals surface area contributed by atoms with Gasteiger partial charge in [0.15, 0.2) is 0 Å². The Morgan fingerprint density at radius 3 is 2.50 bits per heavy atom. The first-order chi connectivity index (χ1) is 8.60. The lowest BCUT2D eigenvalue weighted by molar-refractivity contribution is 0.282. The predicted molar refractivity (Wildman–Crippen MR) is 72.7 cm³/mol. The summed E-state index contributed by atoms with van der Waals surface area (Å²) < 4.78 is 5.58. The highest BCUT2D eigenvalue weighted by molar-refractivity contribution is 5.53. The van der Waals surface area contributed by atoms with Crippen molar-refractivity contribution < 1.29 is 9.52 Å². The van der Waals surface area contributed by atoms with E-state index in [0.29, 0.717) is 0 Å². The molecule has 18 heavy (non-hydrogen) atoms. The van der Waals surface area contributed by atoms with Crippen LogP contribution >= 0.6 is 0 Å². The molecule has 1 N–H and O–H groups in total. The maximum atomic E-state index is 9.10. The van der Waals surface area contributed by atoms with Crippen LogP contribution in [0.5, 0.6) is 0 Å². The third-order valence-corrected chi connectivity index (χ3v) is 3.04. The third kappa shape index (κ3) is 2.74. The highest BCUT2D eigenvalue weighted by Gasteiger charge is 2.08.